The summed E-state index contributed by atoms with van der Waals surface area (Å²) in [4.78, 5) is 13.7. The summed E-state index contributed by atoms with van der Waals surface area (Å²) in [6.07, 6.45) is 0. The van der Waals surface area contributed by atoms with E-state index in [2.05, 4.69) is 5.32 Å². The molecule has 2 aromatic rings. The summed E-state index contributed by atoms with van der Waals surface area (Å²) in [6, 6.07) is 11.9. The van der Waals surface area contributed by atoms with E-state index in [1.807, 2.05) is 0 Å². The summed E-state index contributed by atoms with van der Waals surface area (Å²) < 4.78 is 45.9. The number of ether oxygens (including phenoxy) is 1. The van der Waals surface area contributed by atoms with Crippen molar-refractivity contribution in [3.63, 3.8) is 0 Å². The molecule has 0 bridgehead atoms. The van der Waals surface area contributed by atoms with E-state index in [1.165, 1.54) is 35.7 Å². The van der Waals surface area contributed by atoms with Gasteiger partial charge in [-0.15, -0.1) is 0 Å². The van der Waals surface area contributed by atoms with Crippen LogP contribution in [0.15, 0.2) is 53.4 Å². The lowest BCUT2D eigenvalue weighted by Crippen LogP contribution is -3.19. The Bertz CT molecular complexity index is 958. The van der Waals surface area contributed by atoms with E-state index < -0.39 is 21.9 Å². The smallest absolute Gasteiger partial charge is 0.282 e. The van der Waals surface area contributed by atoms with Crippen molar-refractivity contribution in [2.75, 3.05) is 38.6 Å². The number of sulfonamides is 1. The Kier molecular flexibility index (Phi) is 6.51. The minimum atomic E-state index is -3.60. The van der Waals surface area contributed by atoms with Gasteiger partial charge in [0.25, 0.3) is 5.91 Å². The van der Waals surface area contributed by atoms with E-state index in [1.54, 1.807) is 31.2 Å². The predicted molar refractivity (Wildman–Crippen MR) is 107 cm³/mol. The molecular weight excluding hydrogens is 397 g/mol. The highest BCUT2D eigenvalue weighted by molar-refractivity contribution is 7.89. The van der Waals surface area contributed by atoms with Crippen molar-refractivity contribution in [1.29, 1.82) is 0 Å². The van der Waals surface area contributed by atoms with Crippen molar-refractivity contribution in [2.45, 2.75) is 17.9 Å². The lowest BCUT2D eigenvalue weighted by Gasteiger charge is -2.34. The number of nitrogens with zero attached hydrogens (tertiary/aromatic N) is 1. The molecule has 29 heavy (non-hydrogen) atoms. The van der Waals surface area contributed by atoms with Crippen LogP contribution < -0.4 is 15.0 Å². The number of para-hydroxylation sites is 1. The molecular formula is C20H25FN3O4S+. The third kappa shape index (κ3) is 4.75. The normalized spacial score (nSPS) is 16.9. The minimum Gasteiger partial charge on any atom is -0.497 e. The first-order valence-corrected chi connectivity index (χ1v) is 10.8. The van der Waals surface area contributed by atoms with Crippen molar-refractivity contribution in [3.05, 3.63) is 54.3 Å². The van der Waals surface area contributed by atoms with E-state index in [0.29, 0.717) is 31.9 Å². The Hall–Kier alpha value is -2.49. The van der Waals surface area contributed by atoms with Gasteiger partial charge in [0, 0.05) is 0 Å². The molecule has 1 atom stereocenters. The summed E-state index contributed by atoms with van der Waals surface area (Å²) in [5.74, 6) is -0.192. The van der Waals surface area contributed by atoms with Crippen LogP contribution in [0, 0.1) is 5.82 Å². The van der Waals surface area contributed by atoms with E-state index in [0.717, 1.165) is 4.90 Å². The van der Waals surface area contributed by atoms with Gasteiger partial charge < -0.3 is 15.0 Å². The SMILES string of the molecule is COc1ccc(S(=O)(=O)N2CC[NH+]([C@H](C)C(=O)Nc3ccccc3F)CC2)cc1. The zero-order valence-electron chi connectivity index (χ0n) is 16.4. The number of halogens is 1. The van der Waals surface area contributed by atoms with Crippen molar-refractivity contribution < 1.29 is 27.2 Å². The van der Waals surface area contributed by atoms with Gasteiger partial charge in [-0.3, -0.25) is 4.79 Å². The van der Waals surface area contributed by atoms with Crippen LogP contribution >= 0.6 is 0 Å². The molecule has 1 saturated heterocycles. The van der Waals surface area contributed by atoms with E-state index in [-0.39, 0.29) is 16.5 Å². The highest BCUT2D eigenvalue weighted by Crippen LogP contribution is 2.19. The molecule has 3 rings (SSSR count). The maximum absolute atomic E-state index is 13.7. The van der Waals surface area contributed by atoms with Gasteiger partial charge >= 0.3 is 0 Å². The average Bonchev–Trinajstić information content (AvgIpc) is 2.75. The zero-order valence-corrected chi connectivity index (χ0v) is 17.2. The summed E-state index contributed by atoms with van der Waals surface area (Å²) >= 11 is 0. The second-order valence-corrected chi connectivity index (χ2v) is 8.87. The first-order chi connectivity index (χ1) is 13.8. The molecule has 9 heteroatoms. The maximum Gasteiger partial charge on any atom is 0.282 e. The van der Waals surface area contributed by atoms with Crippen LogP contribution in [0.2, 0.25) is 0 Å². The third-order valence-corrected chi connectivity index (χ3v) is 7.11. The Morgan fingerprint density at radius 2 is 1.76 bits per heavy atom. The van der Waals surface area contributed by atoms with E-state index >= 15 is 0 Å². The first kappa shape index (κ1) is 21.2. The van der Waals surface area contributed by atoms with Crippen LogP contribution in [0.25, 0.3) is 0 Å². The Labute approximate surface area is 170 Å². The van der Waals surface area contributed by atoms with Gasteiger partial charge in [-0.05, 0) is 43.3 Å². The number of hydrogen-bond acceptors (Lipinski definition) is 4. The molecule has 0 aromatic heterocycles. The summed E-state index contributed by atoms with van der Waals surface area (Å²) in [5, 5.41) is 2.61. The van der Waals surface area contributed by atoms with Crippen molar-refractivity contribution >= 4 is 21.6 Å². The van der Waals surface area contributed by atoms with Gasteiger partial charge in [-0.25, -0.2) is 12.8 Å². The van der Waals surface area contributed by atoms with Crippen LogP contribution in [-0.4, -0.2) is 58.0 Å². The number of rotatable bonds is 6. The summed E-state index contributed by atoms with van der Waals surface area (Å²) in [6.45, 7) is 3.35. The zero-order chi connectivity index (χ0) is 21.0. The third-order valence-electron chi connectivity index (χ3n) is 5.20. The Morgan fingerprint density at radius 1 is 1.14 bits per heavy atom. The molecule has 7 nitrogen and oxygen atoms in total. The lowest BCUT2D eigenvalue weighted by molar-refractivity contribution is -0.917. The lowest BCUT2D eigenvalue weighted by atomic mass is 10.2. The predicted octanol–water partition coefficient (Wildman–Crippen LogP) is 0.751. The molecule has 0 saturated carbocycles. The van der Waals surface area contributed by atoms with Gasteiger partial charge in [-0.2, -0.15) is 4.31 Å². The number of anilines is 1. The number of carbonyl (C=O) groups excluding carboxylic acids is 1. The summed E-state index contributed by atoms with van der Waals surface area (Å²) in [5.41, 5.74) is 0.143. The second-order valence-electron chi connectivity index (χ2n) is 6.93. The molecule has 0 unspecified atom stereocenters. The van der Waals surface area contributed by atoms with Crippen molar-refractivity contribution in [2.24, 2.45) is 0 Å². The minimum absolute atomic E-state index is 0.143. The highest BCUT2D eigenvalue weighted by atomic mass is 32.2. The van der Waals surface area contributed by atoms with Crippen molar-refractivity contribution in [3.8, 4) is 5.75 Å². The molecule has 1 amide bonds. The molecule has 1 aliphatic heterocycles. The van der Waals surface area contributed by atoms with Gasteiger partial charge in [0.2, 0.25) is 10.0 Å². The molecule has 0 spiro atoms. The number of quaternary nitrogens is 1. The number of nitrogens with one attached hydrogen (secondary N) is 2. The number of carbonyl (C=O) groups is 1. The fourth-order valence-corrected chi connectivity index (χ4v) is 4.77. The Morgan fingerprint density at radius 3 is 2.34 bits per heavy atom. The topological polar surface area (TPSA) is 80.2 Å². The molecule has 2 aromatic carbocycles. The van der Waals surface area contributed by atoms with Crippen LogP contribution in [0.1, 0.15) is 6.92 Å². The number of amides is 1. The van der Waals surface area contributed by atoms with E-state index in [4.69, 9.17) is 4.74 Å². The molecule has 2 N–H and O–H groups in total. The quantitative estimate of drug-likeness (QED) is 0.720. The molecule has 1 fully saturated rings. The number of benzene rings is 2. The van der Waals surface area contributed by atoms with Crippen molar-refractivity contribution in [1.82, 2.24) is 4.31 Å². The largest absolute Gasteiger partial charge is 0.497 e. The summed E-state index contributed by atoms with van der Waals surface area (Å²) in [7, 11) is -2.07. The molecule has 0 aliphatic carbocycles. The molecule has 1 heterocycles. The van der Waals surface area contributed by atoms with Crippen LogP contribution in [0.5, 0.6) is 5.75 Å². The molecule has 1 aliphatic rings. The first-order valence-electron chi connectivity index (χ1n) is 9.37. The molecule has 156 valence electrons. The number of methoxy groups -OCH3 is 1. The van der Waals surface area contributed by atoms with E-state index in [9.17, 15) is 17.6 Å². The Balaban J connectivity index is 1.60. The maximum atomic E-state index is 13.7. The molecule has 0 radical (unpaired) electrons. The highest BCUT2D eigenvalue weighted by Gasteiger charge is 2.34. The van der Waals surface area contributed by atoms with Crippen LogP contribution in [-0.2, 0) is 14.8 Å². The fourth-order valence-electron chi connectivity index (χ4n) is 3.33. The second kappa shape index (κ2) is 8.89. The van der Waals surface area contributed by atoms with Crippen LogP contribution in [0.4, 0.5) is 10.1 Å². The van der Waals surface area contributed by atoms with Gasteiger partial charge in [0.15, 0.2) is 6.04 Å². The van der Waals surface area contributed by atoms with Gasteiger partial charge in [0.1, 0.15) is 11.6 Å². The standard InChI is InChI=1S/C20H24FN3O4S/c1-15(20(25)22-19-6-4-3-5-18(19)21)23-11-13-24(14-12-23)29(26,27)17-9-7-16(28-2)8-10-17/h3-10,15H,11-14H2,1-2H3,(H,22,25)/p+1/t15-/m1/s1. The monoisotopic (exact) mass is 422 g/mol. The average molecular weight is 423 g/mol. The number of hydrogen-bond donors (Lipinski definition) is 2. The van der Waals surface area contributed by atoms with Gasteiger partial charge in [-0.1, -0.05) is 12.1 Å². The number of piperazine rings is 1. The fraction of sp³-hybridized carbons (Fsp3) is 0.350. The van der Waals surface area contributed by atoms with Gasteiger partial charge in [0.05, 0.1) is 43.9 Å². The van der Waals surface area contributed by atoms with Crippen LogP contribution in [0.3, 0.4) is 0 Å².